The van der Waals surface area contributed by atoms with Crippen molar-refractivity contribution in [3.05, 3.63) is 46.3 Å². The lowest BCUT2D eigenvalue weighted by Gasteiger charge is -2.36. The summed E-state index contributed by atoms with van der Waals surface area (Å²) in [6.07, 6.45) is 0. The molecule has 7 nitrogen and oxygen atoms in total. The van der Waals surface area contributed by atoms with Crippen LogP contribution in [0.4, 0.5) is 0 Å². The van der Waals surface area contributed by atoms with E-state index in [-0.39, 0.29) is 0 Å². The van der Waals surface area contributed by atoms with Crippen molar-refractivity contribution in [1.82, 2.24) is 20.3 Å². The Labute approximate surface area is 184 Å². The molecule has 1 aromatic carbocycles. The van der Waals surface area contributed by atoms with Gasteiger partial charge in [0.15, 0.2) is 5.96 Å². The van der Waals surface area contributed by atoms with Gasteiger partial charge in [0.2, 0.25) is 0 Å². The summed E-state index contributed by atoms with van der Waals surface area (Å²) in [5.74, 6) is 3.01. The molecular formula is C22H32ClN5O2. The zero-order valence-corrected chi connectivity index (χ0v) is 19.1. The van der Waals surface area contributed by atoms with E-state index in [1.54, 1.807) is 0 Å². The van der Waals surface area contributed by atoms with Gasteiger partial charge in [-0.05, 0) is 38.1 Å². The number of aliphatic imine (C=N–C) groups is 1. The van der Waals surface area contributed by atoms with Crippen molar-refractivity contribution in [2.45, 2.75) is 26.7 Å². The highest BCUT2D eigenvalue weighted by Gasteiger charge is 2.21. The maximum absolute atomic E-state index is 5.91. The number of nitrogens with one attached hydrogen (secondary N) is 1. The smallest absolute Gasteiger partial charge is 0.193 e. The number of guanidine groups is 1. The molecule has 164 valence electrons. The van der Waals surface area contributed by atoms with E-state index in [0.717, 1.165) is 67.5 Å². The predicted molar refractivity (Wildman–Crippen MR) is 121 cm³/mol. The number of aryl methyl sites for hydroxylation is 2. The number of benzene rings is 1. The Kier molecular flexibility index (Phi) is 7.99. The Morgan fingerprint density at radius 1 is 1.23 bits per heavy atom. The molecule has 1 aromatic heterocycles. The standard InChI is InChI=1S/C22H32ClN5O2/c1-16(21-17(2)26-30-18(21)3)15-25-22(24-4)28-11-9-27(10-12-28)13-14-29-20-7-5-19(23)6-8-20/h5-8,16H,9-15H2,1-4H3,(H,24,25). The second kappa shape index (κ2) is 10.7. The fourth-order valence-corrected chi connectivity index (χ4v) is 4.01. The van der Waals surface area contributed by atoms with E-state index < -0.39 is 0 Å². The fourth-order valence-electron chi connectivity index (χ4n) is 3.88. The molecule has 1 atom stereocenters. The Morgan fingerprint density at radius 2 is 1.93 bits per heavy atom. The number of hydrogen-bond donors (Lipinski definition) is 1. The average molecular weight is 434 g/mol. The number of halogens is 1. The maximum Gasteiger partial charge on any atom is 0.193 e. The number of nitrogens with zero attached hydrogens (tertiary/aromatic N) is 4. The molecular weight excluding hydrogens is 402 g/mol. The quantitative estimate of drug-likeness (QED) is 0.533. The third-order valence-corrected chi connectivity index (χ3v) is 5.77. The minimum absolute atomic E-state index is 0.305. The largest absolute Gasteiger partial charge is 0.492 e. The Hall–Kier alpha value is -2.25. The Morgan fingerprint density at radius 3 is 2.53 bits per heavy atom. The van der Waals surface area contributed by atoms with Crippen molar-refractivity contribution < 1.29 is 9.26 Å². The minimum atomic E-state index is 0.305. The first-order chi connectivity index (χ1) is 14.5. The molecule has 0 bridgehead atoms. The van der Waals surface area contributed by atoms with Gasteiger partial charge in [0.25, 0.3) is 0 Å². The third-order valence-electron chi connectivity index (χ3n) is 5.52. The molecule has 3 rings (SSSR count). The van der Waals surface area contributed by atoms with Gasteiger partial charge >= 0.3 is 0 Å². The lowest BCUT2D eigenvalue weighted by molar-refractivity contribution is 0.152. The number of piperazine rings is 1. The topological polar surface area (TPSA) is 66.1 Å². The summed E-state index contributed by atoms with van der Waals surface area (Å²) < 4.78 is 11.1. The van der Waals surface area contributed by atoms with Crippen molar-refractivity contribution in [3.8, 4) is 5.75 Å². The molecule has 1 saturated heterocycles. The first kappa shape index (κ1) is 22.4. The molecule has 1 fully saturated rings. The Bertz CT molecular complexity index is 809. The number of aromatic nitrogens is 1. The molecule has 8 heteroatoms. The van der Waals surface area contributed by atoms with Gasteiger partial charge in [0.1, 0.15) is 18.1 Å². The summed E-state index contributed by atoms with van der Waals surface area (Å²) in [5, 5.41) is 8.31. The van der Waals surface area contributed by atoms with Crippen LogP contribution in [-0.4, -0.2) is 73.8 Å². The second-order valence-electron chi connectivity index (χ2n) is 7.70. The minimum Gasteiger partial charge on any atom is -0.492 e. The first-order valence-electron chi connectivity index (χ1n) is 10.5. The van der Waals surface area contributed by atoms with E-state index >= 15 is 0 Å². The summed E-state index contributed by atoms with van der Waals surface area (Å²) in [6, 6.07) is 7.50. The van der Waals surface area contributed by atoms with Crippen LogP contribution in [0.3, 0.4) is 0 Å². The van der Waals surface area contributed by atoms with Crippen molar-refractivity contribution in [3.63, 3.8) is 0 Å². The second-order valence-corrected chi connectivity index (χ2v) is 8.13. The summed E-state index contributed by atoms with van der Waals surface area (Å²) in [7, 11) is 1.84. The van der Waals surface area contributed by atoms with Crippen LogP contribution in [0.2, 0.25) is 5.02 Å². The van der Waals surface area contributed by atoms with E-state index in [1.807, 2.05) is 45.2 Å². The molecule has 30 heavy (non-hydrogen) atoms. The van der Waals surface area contributed by atoms with Gasteiger partial charge in [0, 0.05) is 62.8 Å². The van der Waals surface area contributed by atoms with E-state index in [2.05, 4.69) is 32.2 Å². The van der Waals surface area contributed by atoms with Gasteiger partial charge in [-0.25, -0.2) is 0 Å². The lowest BCUT2D eigenvalue weighted by atomic mass is 10.00. The molecule has 2 heterocycles. The van der Waals surface area contributed by atoms with Crippen LogP contribution in [0.1, 0.15) is 29.9 Å². The van der Waals surface area contributed by atoms with Crippen LogP contribution in [0.5, 0.6) is 5.75 Å². The van der Waals surface area contributed by atoms with E-state index in [1.165, 1.54) is 5.56 Å². The summed E-state index contributed by atoms with van der Waals surface area (Å²) in [6.45, 7) is 12.4. The van der Waals surface area contributed by atoms with Crippen molar-refractivity contribution in [2.24, 2.45) is 4.99 Å². The number of hydrogen-bond acceptors (Lipinski definition) is 5. The van der Waals surface area contributed by atoms with E-state index in [9.17, 15) is 0 Å². The van der Waals surface area contributed by atoms with Gasteiger partial charge in [-0.3, -0.25) is 9.89 Å². The van der Waals surface area contributed by atoms with Crippen LogP contribution in [0.15, 0.2) is 33.8 Å². The highest BCUT2D eigenvalue weighted by molar-refractivity contribution is 6.30. The van der Waals surface area contributed by atoms with Gasteiger partial charge in [-0.1, -0.05) is 23.7 Å². The summed E-state index contributed by atoms with van der Waals surface area (Å²) >= 11 is 5.91. The van der Waals surface area contributed by atoms with Crippen molar-refractivity contribution >= 4 is 17.6 Å². The average Bonchev–Trinajstić information content (AvgIpc) is 3.09. The summed E-state index contributed by atoms with van der Waals surface area (Å²) in [4.78, 5) is 9.22. The molecule has 0 aliphatic carbocycles. The molecule has 1 N–H and O–H groups in total. The first-order valence-corrected chi connectivity index (χ1v) is 10.8. The molecule has 1 aliphatic heterocycles. The molecule has 0 spiro atoms. The number of rotatable bonds is 7. The van der Waals surface area contributed by atoms with Crippen LogP contribution in [-0.2, 0) is 0 Å². The molecule has 2 aromatic rings. The van der Waals surface area contributed by atoms with E-state index in [4.69, 9.17) is 20.9 Å². The van der Waals surface area contributed by atoms with Crippen molar-refractivity contribution in [1.29, 1.82) is 0 Å². The van der Waals surface area contributed by atoms with Crippen LogP contribution in [0.25, 0.3) is 0 Å². The normalized spacial score (nSPS) is 16.6. The highest BCUT2D eigenvalue weighted by Crippen LogP contribution is 2.22. The lowest BCUT2D eigenvalue weighted by Crippen LogP contribution is -2.53. The van der Waals surface area contributed by atoms with Crippen LogP contribution >= 0.6 is 11.6 Å². The molecule has 0 amide bonds. The van der Waals surface area contributed by atoms with Crippen LogP contribution < -0.4 is 10.1 Å². The van der Waals surface area contributed by atoms with Gasteiger partial charge in [-0.2, -0.15) is 0 Å². The fraction of sp³-hybridized carbons (Fsp3) is 0.545. The molecule has 1 aliphatic rings. The zero-order valence-electron chi connectivity index (χ0n) is 18.3. The third kappa shape index (κ3) is 5.89. The zero-order chi connectivity index (χ0) is 21.5. The maximum atomic E-state index is 5.91. The summed E-state index contributed by atoms with van der Waals surface area (Å²) in [5.41, 5.74) is 2.15. The molecule has 0 saturated carbocycles. The van der Waals surface area contributed by atoms with Gasteiger partial charge in [0.05, 0.1) is 5.69 Å². The molecule has 0 radical (unpaired) electrons. The SMILES string of the molecule is CN=C(NCC(C)c1c(C)noc1C)N1CCN(CCOc2ccc(Cl)cc2)CC1. The van der Waals surface area contributed by atoms with Crippen molar-refractivity contribution in [2.75, 3.05) is 52.9 Å². The van der Waals surface area contributed by atoms with Crippen LogP contribution in [0, 0.1) is 13.8 Å². The predicted octanol–water partition coefficient (Wildman–Crippen LogP) is 3.32. The van der Waals surface area contributed by atoms with Gasteiger partial charge in [-0.15, -0.1) is 0 Å². The Balaban J connectivity index is 1.40. The van der Waals surface area contributed by atoms with Gasteiger partial charge < -0.3 is 19.5 Å². The monoisotopic (exact) mass is 433 g/mol. The van der Waals surface area contributed by atoms with E-state index in [0.29, 0.717) is 12.5 Å². The molecule has 1 unspecified atom stereocenters. The number of ether oxygens (including phenoxy) is 1. The highest BCUT2D eigenvalue weighted by atomic mass is 35.5.